The quantitative estimate of drug-likeness (QED) is 0.454. The van der Waals surface area contributed by atoms with Crippen molar-refractivity contribution in [2.24, 2.45) is 0 Å². The van der Waals surface area contributed by atoms with Crippen LogP contribution in [0, 0.1) is 17.0 Å². The highest BCUT2D eigenvalue weighted by Crippen LogP contribution is 2.36. The molecule has 132 valence electrons. The molecule has 0 saturated heterocycles. The average molecular weight is 391 g/mol. The molecule has 0 saturated carbocycles. The number of anilines is 2. The zero-order chi connectivity index (χ0) is 18.7. The Morgan fingerprint density at radius 2 is 1.96 bits per heavy atom. The van der Waals surface area contributed by atoms with Gasteiger partial charge in [-0.05, 0) is 48.9 Å². The Morgan fingerprint density at radius 3 is 2.65 bits per heavy atom. The van der Waals surface area contributed by atoms with Gasteiger partial charge in [0.15, 0.2) is 0 Å². The monoisotopic (exact) mass is 390 g/mol. The standard InChI is InChI=1S/C17H12Cl2N4O3/c1-10-7-13(5-6-14(10)19)26-17-15(23(24)25)16(20-9-21-17)22-12-4-2-3-11(18)8-12/h2-9H,1H3,(H,20,21,22). The molecule has 0 aliphatic heterocycles. The number of aromatic nitrogens is 2. The molecule has 0 aliphatic rings. The number of nitrogens with one attached hydrogen (secondary N) is 1. The molecule has 9 heteroatoms. The van der Waals surface area contributed by atoms with Crippen molar-refractivity contribution in [2.75, 3.05) is 5.32 Å². The maximum Gasteiger partial charge on any atom is 0.373 e. The SMILES string of the molecule is Cc1cc(Oc2ncnc(Nc3cccc(Cl)c3)c2[N+](=O)[O-])ccc1Cl. The molecular weight excluding hydrogens is 379 g/mol. The van der Waals surface area contributed by atoms with E-state index in [2.05, 4.69) is 15.3 Å². The Labute approximate surface area is 158 Å². The lowest BCUT2D eigenvalue weighted by Gasteiger charge is -2.10. The van der Waals surface area contributed by atoms with Crippen molar-refractivity contribution in [3.8, 4) is 11.6 Å². The van der Waals surface area contributed by atoms with Crippen LogP contribution in [0.4, 0.5) is 17.2 Å². The van der Waals surface area contributed by atoms with Crippen molar-refractivity contribution in [2.45, 2.75) is 6.92 Å². The van der Waals surface area contributed by atoms with Gasteiger partial charge in [-0.1, -0.05) is 29.3 Å². The van der Waals surface area contributed by atoms with Gasteiger partial charge in [0.1, 0.15) is 12.1 Å². The van der Waals surface area contributed by atoms with Crippen LogP contribution in [0.3, 0.4) is 0 Å². The van der Waals surface area contributed by atoms with Crippen LogP contribution in [0.2, 0.25) is 10.0 Å². The van der Waals surface area contributed by atoms with Crippen LogP contribution in [0.15, 0.2) is 48.8 Å². The van der Waals surface area contributed by atoms with E-state index in [4.69, 9.17) is 27.9 Å². The highest BCUT2D eigenvalue weighted by molar-refractivity contribution is 6.31. The van der Waals surface area contributed by atoms with Gasteiger partial charge in [-0.15, -0.1) is 0 Å². The fourth-order valence-corrected chi connectivity index (χ4v) is 2.50. The molecule has 26 heavy (non-hydrogen) atoms. The van der Waals surface area contributed by atoms with Crippen LogP contribution in [0.5, 0.6) is 11.6 Å². The third kappa shape index (κ3) is 4.01. The van der Waals surface area contributed by atoms with Crippen LogP contribution in [-0.4, -0.2) is 14.9 Å². The van der Waals surface area contributed by atoms with Crippen molar-refractivity contribution in [1.82, 2.24) is 9.97 Å². The molecule has 7 nitrogen and oxygen atoms in total. The van der Waals surface area contributed by atoms with E-state index in [-0.39, 0.29) is 17.4 Å². The fraction of sp³-hybridized carbons (Fsp3) is 0.0588. The van der Waals surface area contributed by atoms with Crippen LogP contribution in [0.25, 0.3) is 0 Å². The summed E-state index contributed by atoms with van der Waals surface area (Å²) < 4.78 is 5.59. The summed E-state index contributed by atoms with van der Waals surface area (Å²) in [6.45, 7) is 1.80. The minimum absolute atomic E-state index is 0.00653. The zero-order valence-corrected chi connectivity index (χ0v) is 15.0. The van der Waals surface area contributed by atoms with E-state index in [9.17, 15) is 10.1 Å². The lowest BCUT2D eigenvalue weighted by atomic mass is 10.2. The Balaban J connectivity index is 1.98. The van der Waals surface area contributed by atoms with Crippen LogP contribution >= 0.6 is 23.2 Å². The molecule has 3 aromatic rings. The number of hydrogen-bond acceptors (Lipinski definition) is 6. The van der Waals surface area contributed by atoms with Gasteiger partial charge in [0, 0.05) is 15.7 Å². The summed E-state index contributed by atoms with van der Waals surface area (Å²) in [6, 6.07) is 11.6. The fourth-order valence-electron chi connectivity index (χ4n) is 2.19. The van der Waals surface area contributed by atoms with Crippen LogP contribution in [-0.2, 0) is 0 Å². The molecule has 0 atom stereocenters. The van der Waals surface area contributed by atoms with Crippen molar-refractivity contribution in [1.29, 1.82) is 0 Å². The van der Waals surface area contributed by atoms with E-state index in [1.807, 2.05) is 0 Å². The topological polar surface area (TPSA) is 90.2 Å². The summed E-state index contributed by atoms with van der Waals surface area (Å²) >= 11 is 11.9. The lowest BCUT2D eigenvalue weighted by molar-refractivity contribution is -0.385. The van der Waals surface area contributed by atoms with E-state index < -0.39 is 4.92 Å². The predicted octanol–water partition coefficient (Wildman–Crippen LogP) is 5.54. The summed E-state index contributed by atoms with van der Waals surface area (Å²) in [5.41, 5.74) is 0.936. The van der Waals surface area contributed by atoms with E-state index in [0.29, 0.717) is 21.5 Å². The molecule has 1 N–H and O–H groups in total. The second-order valence-corrected chi connectivity index (χ2v) is 6.13. The maximum absolute atomic E-state index is 11.6. The normalized spacial score (nSPS) is 10.4. The Morgan fingerprint density at radius 1 is 1.15 bits per heavy atom. The van der Waals surface area contributed by atoms with Gasteiger partial charge in [0.25, 0.3) is 0 Å². The lowest BCUT2D eigenvalue weighted by Crippen LogP contribution is -2.03. The first-order chi connectivity index (χ1) is 12.4. The molecule has 0 fully saturated rings. The molecule has 0 bridgehead atoms. The Bertz CT molecular complexity index is 982. The van der Waals surface area contributed by atoms with E-state index >= 15 is 0 Å². The summed E-state index contributed by atoms with van der Waals surface area (Å²) in [4.78, 5) is 18.8. The minimum Gasteiger partial charge on any atom is -0.434 e. The average Bonchev–Trinajstić information content (AvgIpc) is 2.58. The smallest absolute Gasteiger partial charge is 0.373 e. The third-order valence-electron chi connectivity index (χ3n) is 3.40. The molecule has 1 heterocycles. The van der Waals surface area contributed by atoms with Gasteiger partial charge in [-0.3, -0.25) is 10.1 Å². The largest absolute Gasteiger partial charge is 0.434 e. The Kier molecular flexibility index (Phi) is 5.20. The highest BCUT2D eigenvalue weighted by atomic mass is 35.5. The second kappa shape index (κ2) is 7.55. The van der Waals surface area contributed by atoms with Crippen molar-refractivity contribution in [3.05, 3.63) is 74.5 Å². The predicted molar refractivity (Wildman–Crippen MR) is 99.7 cm³/mol. The first-order valence-electron chi connectivity index (χ1n) is 7.40. The minimum atomic E-state index is -0.606. The van der Waals surface area contributed by atoms with Gasteiger partial charge in [-0.2, -0.15) is 4.98 Å². The molecule has 1 aromatic heterocycles. The summed E-state index contributed by atoms with van der Waals surface area (Å²) in [7, 11) is 0. The number of hydrogen-bond donors (Lipinski definition) is 1. The third-order valence-corrected chi connectivity index (χ3v) is 4.06. The summed E-state index contributed by atoms with van der Waals surface area (Å²) in [5.74, 6) is 0.187. The summed E-state index contributed by atoms with van der Waals surface area (Å²) in [6.07, 6.45) is 1.18. The highest BCUT2D eigenvalue weighted by Gasteiger charge is 2.25. The van der Waals surface area contributed by atoms with E-state index in [0.717, 1.165) is 5.56 Å². The second-order valence-electron chi connectivity index (χ2n) is 5.28. The molecule has 0 unspecified atom stereocenters. The van der Waals surface area contributed by atoms with Crippen molar-refractivity contribution in [3.63, 3.8) is 0 Å². The van der Waals surface area contributed by atoms with Gasteiger partial charge < -0.3 is 10.1 Å². The molecule has 2 aromatic carbocycles. The molecule has 0 amide bonds. The van der Waals surface area contributed by atoms with Crippen molar-refractivity contribution >= 4 is 40.4 Å². The van der Waals surface area contributed by atoms with Gasteiger partial charge >= 0.3 is 11.6 Å². The van der Waals surface area contributed by atoms with E-state index in [1.54, 1.807) is 49.4 Å². The number of rotatable bonds is 5. The molecule has 0 spiro atoms. The number of ether oxygens (including phenoxy) is 1. The molecule has 0 radical (unpaired) electrons. The Hall–Kier alpha value is -2.90. The van der Waals surface area contributed by atoms with Crippen molar-refractivity contribution < 1.29 is 9.66 Å². The maximum atomic E-state index is 11.6. The first kappa shape index (κ1) is 17.9. The first-order valence-corrected chi connectivity index (χ1v) is 8.15. The van der Waals surface area contributed by atoms with Crippen LogP contribution in [0.1, 0.15) is 5.56 Å². The van der Waals surface area contributed by atoms with Gasteiger partial charge in [0.2, 0.25) is 5.82 Å². The van der Waals surface area contributed by atoms with Gasteiger partial charge in [0.05, 0.1) is 4.92 Å². The number of benzene rings is 2. The number of nitrogens with zero attached hydrogens (tertiary/aromatic N) is 3. The molecule has 0 aliphatic carbocycles. The zero-order valence-electron chi connectivity index (χ0n) is 13.4. The van der Waals surface area contributed by atoms with Crippen LogP contribution < -0.4 is 10.1 Å². The number of aryl methyl sites for hydroxylation is 1. The number of halogens is 2. The van der Waals surface area contributed by atoms with Gasteiger partial charge in [-0.25, -0.2) is 4.98 Å². The van der Waals surface area contributed by atoms with E-state index in [1.165, 1.54) is 6.33 Å². The molecular formula is C17H12Cl2N4O3. The number of nitro groups is 1. The summed E-state index contributed by atoms with van der Waals surface area (Å²) in [5, 5.41) is 15.5. The molecule has 3 rings (SSSR count).